The monoisotopic (exact) mass is 478 g/mol. The van der Waals surface area contributed by atoms with Crippen LogP contribution in [-0.4, -0.2) is 40.6 Å². The number of carbonyl (C=O) groups is 2. The molecule has 2 amide bonds. The zero-order valence-electron chi connectivity index (χ0n) is 19.6. The third kappa shape index (κ3) is 5.80. The first-order valence-corrected chi connectivity index (χ1v) is 12.5. The summed E-state index contributed by atoms with van der Waals surface area (Å²) in [5, 5.41) is 12.3. The maximum absolute atomic E-state index is 13.3. The standard InChI is InChI=1S/C26H30N4O3S/c1-18(19-9-4-3-5-10-19)30(25(32)20-11-6-7-12-20)16-15-23(31)27-26-29-28-24(34-26)21-13-8-14-22(17-21)33-2/h3-5,8-10,13-14,17-18,20H,6-7,11-12,15-16H2,1-2H3,(H,27,29,31)/t18-/m1/s1. The van der Waals surface area contributed by atoms with E-state index in [1.807, 2.05) is 66.4 Å². The van der Waals surface area contributed by atoms with E-state index in [2.05, 4.69) is 15.5 Å². The molecular formula is C26H30N4O3S. The highest BCUT2D eigenvalue weighted by molar-refractivity contribution is 7.18. The first-order valence-electron chi connectivity index (χ1n) is 11.7. The van der Waals surface area contributed by atoms with Gasteiger partial charge in [0.2, 0.25) is 16.9 Å². The number of carbonyl (C=O) groups excluding carboxylic acids is 2. The average Bonchev–Trinajstić information content (AvgIpc) is 3.57. The van der Waals surface area contributed by atoms with Gasteiger partial charge in [0.1, 0.15) is 10.8 Å². The maximum Gasteiger partial charge on any atom is 0.227 e. The summed E-state index contributed by atoms with van der Waals surface area (Å²) in [4.78, 5) is 27.9. The number of amides is 2. The number of nitrogens with one attached hydrogen (secondary N) is 1. The summed E-state index contributed by atoms with van der Waals surface area (Å²) >= 11 is 1.31. The fourth-order valence-corrected chi connectivity index (χ4v) is 5.12. The third-order valence-corrected chi connectivity index (χ3v) is 7.19. The second-order valence-electron chi connectivity index (χ2n) is 8.54. The van der Waals surface area contributed by atoms with Crippen molar-refractivity contribution >= 4 is 28.3 Å². The highest BCUT2D eigenvalue weighted by Crippen LogP contribution is 2.31. The Hall–Kier alpha value is -3.26. The van der Waals surface area contributed by atoms with Gasteiger partial charge in [0, 0.05) is 24.4 Å². The molecule has 1 aromatic heterocycles. The van der Waals surface area contributed by atoms with Gasteiger partial charge in [0.25, 0.3) is 0 Å². The molecule has 4 rings (SSSR count). The highest BCUT2D eigenvalue weighted by atomic mass is 32.1. The molecule has 0 radical (unpaired) electrons. The molecule has 2 aromatic carbocycles. The van der Waals surface area contributed by atoms with Crippen molar-refractivity contribution < 1.29 is 14.3 Å². The molecular weight excluding hydrogens is 448 g/mol. The van der Waals surface area contributed by atoms with Crippen LogP contribution in [0.5, 0.6) is 5.75 Å². The minimum atomic E-state index is -0.183. The summed E-state index contributed by atoms with van der Waals surface area (Å²) in [6.45, 7) is 2.39. The molecule has 8 heteroatoms. The molecule has 1 saturated carbocycles. The van der Waals surface area contributed by atoms with Gasteiger partial charge >= 0.3 is 0 Å². The lowest BCUT2D eigenvalue weighted by Crippen LogP contribution is -2.39. The van der Waals surface area contributed by atoms with E-state index < -0.39 is 0 Å². The Morgan fingerprint density at radius 3 is 2.62 bits per heavy atom. The Labute approximate surface area is 204 Å². The molecule has 1 atom stereocenters. The molecule has 7 nitrogen and oxygen atoms in total. The molecule has 0 aliphatic heterocycles. The van der Waals surface area contributed by atoms with Crippen molar-refractivity contribution in [3.8, 4) is 16.3 Å². The second kappa shape index (κ2) is 11.2. The Balaban J connectivity index is 1.40. The number of anilines is 1. The Morgan fingerprint density at radius 1 is 1.12 bits per heavy atom. The number of hydrogen-bond acceptors (Lipinski definition) is 6. The van der Waals surface area contributed by atoms with Crippen LogP contribution in [0, 0.1) is 5.92 Å². The quantitative estimate of drug-likeness (QED) is 0.450. The molecule has 1 aliphatic carbocycles. The zero-order chi connectivity index (χ0) is 23.9. The smallest absolute Gasteiger partial charge is 0.227 e. The molecule has 0 bridgehead atoms. The van der Waals surface area contributed by atoms with Gasteiger partial charge in [-0.15, -0.1) is 10.2 Å². The number of ether oxygens (including phenoxy) is 1. The van der Waals surface area contributed by atoms with E-state index >= 15 is 0 Å². The van der Waals surface area contributed by atoms with Crippen molar-refractivity contribution in [2.75, 3.05) is 19.0 Å². The van der Waals surface area contributed by atoms with E-state index in [0.29, 0.717) is 16.7 Å². The molecule has 0 saturated heterocycles. The first-order chi connectivity index (χ1) is 16.5. The Morgan fingerprint density at radius 2 is 1.88 bits per heavy atom. The maximum atomic E-state index is 13.3. The fourth-order valence-electron chi connectivity index (χ4n) is 4.36. The number of benzene rings is 2. The van der Waals surface area contributed by atoms with Crippen molar-refractivity contribution in [2.24, 2.45) is 5.92 Å². The largest absolute Gasteiger partial charge is 0.497 e. The summed E-state index contributed by atoms with van der Waals surface area (Å²) < 4.78 is 5.26. The molecule has 0 unspecified atom stereocenters. The molecule has 1 N–H and O–H groups in total. The van der Waals surface area contributed by atoms with Gasteiger partial charge in [-0.05, 0) is 37.5 Å². The van der Waals surface area contributed by atoms with Crippen LogP contribution in [0.1, 0.15) is 50.6 Å². The molecule has 34 heavy (non-hydrogen) atoms. The van der Waals surface area contributed by atoms with Gasteiger partial charge in [-0.3, -0.25) is 9.59 Å². The van der Waals surface area contributed by atoms with Crippen LogP contribution in [-0.2, 0) is 9.59 Å². The summed E-state index contributed by atoms with van der Waals surface area (Å²) in [5.74, 6) is 0.761. The summed E-state index contributed by atoms with van der Waals surface area (Å²) in [7, 11) is 1.62. The Bertz CT molecular complexity index is 1110. The molecule has 3 aromatic rings. The lowest BCUT2D eigenvalue weighted by molar-refractivity contribution is -0.138. The van der Waals surface area contributed by atoms with Crippen LogP contribution in [0.4, 0.5) is 5.13 Å². The predicted molar refractivity (Wildman–Crippen MR) is 134 cm³/mol. The fraction of sp³-hybridized carbons (Fsp3) is 0.385. The first kappa shape index (κ1) is 23.9. The number of rotatable bonds is 9. The van der Waals surface area contributed by atoms with Crippen molar-refractivity contribution in [1.29, 1.82) is 0 Å². The third-order valence-electron chi connectivity index (χ3n) is 6.30. The van der Waals surface area contributed by atoms with Crippen LogP contribution in [0.3, 0.4) is 0 Å². The molecule has 0 spiro atoms. The van der Waals surface area contributed by atoms with Crippen molar-refractivity contribution in [2.45, 2.75) is 45.1 Å². The van der Waals surface area contributed by atoms with E-state index in [1.54, 1.807) is 7.11 Å². The number of nitrogens with zero attached hydrogens (tertiary/aromatic N) is 3. The summed E-state index contributed by atoms with van der Waals surface area (Å²) in [6, 6.07) is 17.4. The van der Waals surface area contributed by atoms with Gasteiger partial charge in [0.05, 0.1) is 13.2 Å². The number of hydrogen-bond donors (Lipinski definition) is 1. The van der Waals surface area contributed by atoms with Crippen molar-refractivity contribution in [3.63, 3.8) is 0 Å². The van der Waals surface area contributed by atoms with Gasteiger partial charge in [0.15, 0.2) is 0 Å². The van der Waals surface area contributed by atoms with Crippen LogP contribution in [0.2, 0.25) is 0 Å². The van der Waals surface area contributed by atoms with E-state index in [4.69, 9.17) is 4.74 Å². The van der Waals surface area contributed by atoms with E-state index in [0.717, 1.165) is 42.6 Å². The van der Waals surface area contributed by atoms with E-state index in [-0.39, 0.29) is 30.2 Å². The minimum absolute atomic E-state index is 0.0582. The summed E-state index contributed by atoms with van der Waals surface area (Å²) in [5.41, 5.74) is 1.95. The van der Waals surface area contributed by atoms with E-state index in [1.165, 1.54) is 11.3 Å². The number of methoxy groups -OCH3 is 1. The highest BCUT2D eigenvalue weighted by Gasteiger charge is 2.30. The SMILES string of the molecule is COc1cccc(-c2nnc(NC(=O)CCN(C(=O)C3CCCC3)[C@H](C)c3ccccc3)s2)c1. The minimum Gasteiger partial charge on any atom is -0.497 e. The Kier molecular flexibility index (Phi) is 7.90. The second-order valence-corrected chi connectivity index (χ2v) is 9.52. The van der Waals surface area contributed by atoms with Crippen LogP contribution < -0.4 is 10.1 Å². The van der Waals surface area contributed by atoms with Gasteiger partial charge in [-0.1, -0.05) is 66.6 Å². The van der Waals surface area contributed by atoms with Gasteiger partial charge in [-0.25, -0.2) is 0 Å². The molecule has 178 valence electrons. The zero-order valence-corrected chi connectivity index (χ0v) is 20.4. The lowest BCUT2D eigenvalue weighted by Gasteiger charge is -2.32. The van der Waals surface area contributed by atoms with Crippen LogP contribution >= 0.6 is 11.3 Å². The lowest BCUT2D eigenvalue weighted by atomic mass is 10.0. The number of aromatic nitrogens is 2. The predicted octanol–water partition coefficient (Wildman–Crippen LogP) is 5.32. The van der Waals surface area contributed by atoms with Crippen LogP contribution in [0.15, 0.2) is 54.6 Å². The normalized spacial score (nSPS) is 14.5. The summed E-state index contributed by atoms with van der Waals surface area (Å²) in [6.07, 6.45) is 4.25. The molecule has 1 heterocycles. The van der Waals surface area contributed by atoms with Crippen LogP contribution in [0.25, 0.3) is 10.6 Å². The van der Waals surface area contributed by atoms with Crippen molar-refractivity contribution in [3.05, 3.63) is 60.2 Å². The van der Waals surface area contributed by atoms with Gasteiger partial charge in [-0.2, -0.15) is 0 Å². The van der Waals surface area contributed by atoms with Gasteiger partial charge < -0.3 is 15.0 Å². The van der Waals surface area contributed by atoms with E-state index in [9.17, 15) is 9.59 Å². The average molecular weight is 479 g/mol. The molecule has 1 aliphatic rings. The molecule has 1 fully saturated rings. The topological polar surface area (TPSA) is 84.4 Å². The van der Waals surface area contributed by atoms with Crippen molar-refractivity contribution in [1.82, 2.24) is 15.1 Å².